The fourth-order valence-corrected chi connectivity index (χ4v) is 7.19. The van der Waals surface area contributed by atoms with Crippen molar-refractivity contribution in [3.05, 3.63) is 110 Å². The Morgan fingerprint density at radius 3 is 1.33 bits per heavy atom. The van der Waals surface area contributed by atoms with E-state index in [2.05, 4.69) is 107 Å². The molecule has 0 atom stereocenters. The summed E-state index contributed by atoms with van der Waals surface area (Å²) < 4.78 is 2.30. The highest BCUT2D eigenvalue weighted by Gasteiger charge is 2.47. The van der Waals surface area contributed by atoms with Crippen molar-refractivity contribution in [2.45, 2.75) is 0 Å². The van der Waals surface area contributed by atoms with Crippen molar-refractivity contribution in [1.82, 2.24) is 9.32 Å². The van der Waals surface area contributed by atoms with Gasteiger partial charge in [0, 0.05) is 6.20 Å². The summed E-state index contributed by atoms with van der Waals surface area (Å²) in [6.45, 7) is 0. The van der Waals surface area contributed by atoms with Crippen LogP contribution in [-0.2, 0) is 0 Å². The molecular weight excluding hydrogens is 311 g/mol. The Balaban J connectivity index is 2.12. The van der Waals surface area contributed by atoms with Crippen molar-refractivity contribution in [3.63, 3.8) is 0 Å². The maximum atomic E-state index is 4.36. The van der Waals surface area contributed by atoms with Crippen LogP contribution in [0.3, 0.4) is 0 Å². The lowest BCUT2D eigenvalue weighted by Gasteiger charge is -2.27. The van der Waals surface area contributed by atoms with Crippen molar-refractivity contribution in [3.8, 4) is 0 Å². The van der Waals surface area contributed by atoms with E-state index < -0.39 is 7.41 Å². The van der Waals surface area contributed by atoms with Crippen molar-refractivity contribution in [1.29, 1.82) is 0 Å². The third-order valence-electron chi connectivity index (χ3n) is 4.23. The van der Waals surface area contributed by atoms with Gasteiger partial charge < -0.3 is 0 Å². The van der Waals surface area contributed by atoms with Gasteiger partial charge in [-0.05, 0) is 36.4 Å². The van der Waals surface area contributed by atoms with Gasteiger partial charge in [0.25, 0.3) is 0 Å². The molecule has 0 aliphatic carbocycles. The molecule has 0 fully saturated rings. The first-order valence-corrected chi connectivity index (χ1v) is 9.71. The molecule has 0 saturated heterocycles. The highest BCUT2D eigenvalue weighted by Crippen LogP contribution is 2.56. The summed E-state index contributed by atoms with van der Waals surface area (Å²) in [6.07, 6.45) is 5.89. The zero-order chi connectivity index (χ0) is 16.2. The van der Waals surface area contributed by atoms with Gasteiger partial charge in [0.15, 0.2) is 0 Å². The number of nitrogens with zero attached hydrogens (tertiary/aromatic N) is 2. The smallest absolute Gasteiger partial charge is 0.208 e. The summed E-state index contributed by atoms with van der Waals surface area (Å²) in [5.41, 5.74) is 0. The van der Waals surface area contributed by atoms with E-state index in [4.69, 9.17) is 0 Å². The normalized spacial score (nSPS) is 11.3. The quantitative estimate of drug-likeness (QED) is 0.523. The van der Waals surface area contributed by atoms with Crippen molar-refractivity contribution >= 4 is 23.3 Å². The molecule has 0 bridgehead atoms. The largest absolute Gasteiger partial charge is 0.241 e. The fraction of sp³-hybridized carbons (Fsp3) is 0. The van der Waals surface area contributed by atoms with E-state index >= 15 is 0 Å². The minimum Gasteiger partial charge on any atom is -0.241 e. The summed E-state index contributed by atoms with van der Waals surface area (Å²) in [6, 6.07) is 32.3. The molecule has 0 radical (unpaired) electrons. The minimum atomic E-state index is -2.00. The first-order chi connectivity index (χ1) is 11.9. The Labute approximate surface area is 142 Å². The number of benzene rings is 3. The van der Waals surface area contributed by atoms with E-state index in [1.165, 1.54) is 15.9 Å². The highest BCUT2D eigenvalue weighted by atomic mass is 31.2. The van der Waals surface area contributed by atoms with Gasteiger partial charge in [-0.3, -0.25) is 0 Å². The second kappa shape index (κ2) is 6.43. The van der Waals surface area contributed by atoms with Crippen molar-refractivity contribution in [2.24, 2.45) is 0 Å². The molecule has 116 valence electrons. The van der Waals surface area contributed by atoms with Gasteiger partial charge in [-0.2, -0.15) is 4.34 Å². The molecular formula is C21H18N2P+. The van der Waals surface area contributed by atoms with Gasteiger partial charge in [0.05, 0.1) is 6.20 Å². The van der Waals surface area contributed by atoms with Gasteiger partial charge in [-0.15, -0.1) is 0 Å². The fourth-order valence-electron chi connectivity index (χ4n) is 3.21. The third-order valence-corrected chi connectivity index (χ3v) is 8.29. The van der Waals surface area contributed by atoms with Gasteiger partial charge in [-0.25, -0.2) is 4.98 Å². The van der Waals surface area contributed by atoms with Crippen molar-refractivity contribution < 1.29 is 0 Å². The Hall–Kier alpha value is -2.70. The van der Waals surface area contributed by atoms with Crippen LogP contribution in [0.25, 0.3) is 0 Å². The van der Waals surface area contributed by atoms with Gasteiger partial charge >= 0.3 is 0 Å². The molecule has 3 aromatic carbocycles. The summed E-state index contributed by atoms with van der Waals surface area (Å²) in [7, 11) is -2.00. The molecule has 1 heterocycles. The maximum absolute atomic E-state index is 4.36. The van der Waals surface area contributed by atoms with Crippen LogP contribution in [0.2, 0.25) is 0 Å². The standard InChI is InChI=1S/C21H18N2P/c1-4-10-19(11-5-1)24(23-17-16-22-18-23,20-12-6-2-7-13-20)21-14-8-3-9-15-21/h1-18H/q+1. The van der Waals surface area contributed by atoms with Gasteiger partial charge in [-0.1, -0.05) is 54.6 Å². The van der Waals surface area contributed by atoms with E-state index in [9.17, 15) is 0 Å². The lowest BCUT2D eigenvalue weighted by atomic mass is 10.4. The molecule has 0 spiro atoms. The molecule has 4 aromatic rings. The first kappa shape index (κ1) is 14.9. The molecule has 0 saturated carbocycles. The molecule has 0 N–H and O–H groups in total. The molecule has 2 nitrogen and oxygen atoms in total. The molecule has 4 rings (SSSR count). The molecule has 0 unspecified atom stereocenters. The molecule has 1 aromatic heterocycles. The Morgan fingerprint density at radius 1 is 0.583 bits per heavy atom. The number of aromatic nitrogens is 2. The molecule has 0 aliphatic rings. The molecule has 3 heteroatoms. The summed E-state index contributed by atoms with van der Waals surface area (Å²) in [4.78, 5) is 4.36. The van der Waals surface area contributed by atoms with Crippen LogP contribution in [0, 0.1) is 0 Å². The Kier molecular flexibility index (Phi) is 3.98. The number of imidazole rings is 1. The maximum Gasteiger partial charge on any atom is 0.208 e. The van der Waals surface area contributed by atoms with Crippen LogP contribution >= 0.6 is 7.41 Å². The summed E-state index contributed by atoms with van der Waals surface area (Å²) in [5.74, 6) is 0. The third kappa shape index (κ3) is 2.36. The minimum absolute atomic E-state index is 1.32. The van der Waals surface area contributed by atoms with Gasteiger partial charge in [0.2, 0.25) is 7.41 Å². The highest BCUT2D eigenvalue weighted by molar-refractivity contribution is 7.94. The average Bonchev–Trinajstić information content (AvgIpc) is 3.20. The molecule has 0 amide bonds. The predicted molar refractivity (Wildman–Crippen MR) is 103 cm³/mol. The van der Waals surface area contributed by atoms with Crippen LogP contribution in [-0.4, -0.2) is 9.32 Å². The lowest BCUT2D eigenvalue weighted by Crippen LogP contribution is -2.35. The van der Waals surface area contributed by atoms with E-state index in [0.717, 1.165) is 0 Å². The van der Waals surface area contributed by atoms with Crippen LogP contribution < -0.4 is 15.9 Å². The van der Waals surface area contributed by atoms with Crippen LogP contribution in [0.15, 0.2) is 110 Å². The Bertz CT molecular complexity index is 792. The second-order valence-electron chi connectivity index (χ2n) is 5.58. The van der Waals surface area contributed by atoms with E-state index in [1.807, 2.05) is 12.5 Å². The number of hydrogen-bond acceptors (Lipinski definition) is 1. The molecule has 0 aliphatic heterocycles. The monoisotopic (exact) mass is 329 g/mol. The Morgan fingerprint density at radius 2 is 1.00 bits per heavy atom. The van der Waals surface area contributed by atoms with Crippen LogP contribution in [0.5, 0.6) is 0 Å². The molecule has 24 heavy (non-hydrogen) atoms. The topological polar surface area (TPSA) is 17.8 Å². The predicted octanol–water partition coefficient (Wildman–Crippen LogP) is 3.64. The summed E-state index contributed by atoms with van der Waals surface area (Å²) in [5, 5.41) is 3.96. The van der Waals surface area contributed by atoms with Gasteiger partial charge in [0.1, 0.15) is 22.2 Å². The van der Waals surface area contributed by atoms with E-state index in [1.54, 1.807) is 0 Å². The van der Waals surface area contributed by atoms with Crippen LogP contribution in [0.4, 0.5) is 0 Å². The SMILES string of the molecule is c1ccc([P+](c2ccccc2)(c2ccccc2)n2ccnc2)cc1. The lowest BCUT2D eigenvalue weighted by molar-refractivity contribution is 1.20. The second-order valence-corrected chi connectivity index (χ2v) is 8.87. The average molecular weight is 329 g/mol. The number of rotatable bonds is 4. The van der Waals surface area contributed by atoms with Crippen LogP contribution in [0.1, 0.15) is 0 Å². The van der Waals surface area contributed by atoms with E-state index in [-0.39, 0.29) is 0 Å². The summed E-state index contributed by atoms with van der Waals surface area (Å²) >= 11 is 0. The first-order valence-electron chi connectivity index (χ1n) is 7.97. The number of hydrogen-bond donors (Lipinski definition) is 0. The zero-order valence-electron chi connectivity index (χ0n) is 13.2. The van der Waals surface area contributed by atoms with Crippen molar-refractivity contribution in [2.75, 3.05) is 0 Å². The van der Waals surface area contributed by atoms with E-state index in [0.29, 0.717) is 0 Å². The zero-order valence-corrected chi connectivity index (χ0v) is 14.1.